The van der Waals surface area contributed by atoms with Crippen LogP contribution in [0.5, 0.6) is 0 Å². The molecule has 0 spiro atoms. The van der Waals surface area contributed by atoms with Gasteiger partial charge in [-0.1, -0.05) is 22.0 Å². The van der Waals surface area contributed by atoms with Crippen LogP contribution in [0, 0.1) is 13.8 Å². The molecule has 0 aliphatic carbocycles. The van der Waals surface area contributed by atoms with Crippen LogP contribution in [-0.4, -0.2) is 15.7 Å². The maximum absolute atomic E-state index is 12.4. The van der Waals surface area contributed by atoms with Gasteiger partial charge in [0.15, 0.2) is 0 Å². The normalized spacial score (nSPS) is 12.2. The van der Waals surface area contributed by atoms with Gasteiger partial charge in [-0.25, -0.2) is 0 Å². The highest BCUT2D eigenvalue weighted by Gasteiger charge is 2.17. The molecular formula is C15H18BrN3O. The first-order valence-electron chi connectivity index (χ1n) is 6.46. The number of aromatic nitrogens is 2. The molecule has 1 aromatic carbocycles. The zero-order chi connectivity index (χ0) is 14.9. The average Bonchev–Trinajstić information content (AvgIpc) is 2.73. The van der Waals surface area contributed by atoms with E-state index < -0.39 is 0 Å². The molecule has 0 saturated carbocycles. The van der Waals surface area contributed by atoms with Gasteiger partial charge in [0.2, 0.25) is 0 Å². The Hall–Kier alpha value is -1.62. The van der Waals surface area contributed by atoms with Crippen LogP contribution in [0.4, 0.5) is 0 Å². The van der Waals surface area contributed by atoms with Crippen LogP contribution < -0.4 is 5.32 Å². The number of benzene rings is 1. The predicted molar refractivity (Wildman–Crippen MR) is 82.7 cm³/mol. The largest absolute Gasteiger partial charge is 0.345 e. The number of nitrogens with one attached hydrogen (secondary N) is 1. The minimum atomic E-state index is -0.0745. The molecule has 1 aromatic heterocycles. The minimum absolute atomic E-state index is 0.0699. The molecule has 1 heterocycles. The number of amides is 1. The summed E-state index contributed by atoms with van der Waals surface area (Å²) in [5.41, 5.74) is 3.73. The predicted octanol–water partition coefficient (Wildman–Crippen LogP) is 3.29. The van der Waals surface area contributed by atoms with Gasteiger partial charge in [0, 0.05) is 28.3 Å². The second-order valence-electron chi connectivity index (χ2n) is 4.92. The van der Waals surface area contributed by atoms with Crippen LogP contribution >= 0.6 is 15.9 Å². The van der Waals surface area contributed by atoms with Crippen LogP contribution in [0.2, 0.25) is 0 Å². The van der Waals surface area contributed by atoms with E-state index >= 15 is 0 Å². The Morgan fingerprint density at radius 2 is 2.10 bits per heavy atom. The standard InChI is InChI=1S/C15H18BrN3O/c1-9-12(6-5-7-14(9)16)15(20)18-10(2)13-8-17-19(4)11(13)3/h5-8,10H,1-4H3,(H,18,20). The lowest BCUT2D eigenvalue weighted by atomic mass is 10.1. The van der Waals surface area contributed by atoms with Gasteiger partial charge < -0.3 is 5.32 Å². The smallest absolute Gasteiger partial charge is 0.252 e. The van der Waals surface area contributed by atoms with E-state index in [0.29, 0.717) is 5.56 Å². The van der Waals surface area contributed by atoms with Crippen molar-refractivity contribution in [2.75, 3.05) is 0 Å². The van der Waals surface area contributed by atoms with Gasteiger partial charge in [-0.2, -0.15) is 5.10 Å². The van der Waals surface area contributed by atoms with Gasteiger partial charge in [0.25, 0.3) is 5.91 Å². The Bertz CT molecular complexity index is 649. The molecule has 1 atom stereocenters. The van der Waals surface area contributed by atoms with Gasteiger partial charge in [0.05, 0.1) is 12.2 Å². The molecule has 1 N–H and O–H groups in total. The first kappa shape index (κ1) is 14.8. The summed E-state index contributed by atoms with van der Waals surface area (Å²) in [4.78, 5) is 12.4. The molecule has 4 nitrogen and oxygen atoms in total. The van der Waals surface area contributed by atoms with E-state index in [9.17, 15) is 4.79 Å². The molecule has 0 fully saturated rings. The second kappa shape index (κ2) is 5.79. The van der Waals surface area contributed by atoms with Gasteiger partial charge in [0.1, 0.15) is 0 Å². The third-order valence-corrected chi connectivity index (χ3v) is 4.46. The summed E-state index contributed by atoms with van der Waals surface area (Å²) in [5.74, 6) is -0.0699. The molecule has 1 unspecified atom stereocenters. The summed E-state index contributed by atoms with van der Waals surface area (Å²) in [6.07, 6.45) is 1.80. The van der Waals surface area contributed by atoms with E-state index in [-0.39, 0.29) is 11.9 Å². The number of hydrogen-bond acceptors (Lipinski definition) is 2. The van der Waals surface area contributed by atoms with Crippen LogP contribution in [-0.2, 0) is 7.05 Å². The van der Waals surface area contributed by atoms with Crippen LogP contribution in [0.1, 0.15) is 40.1 Å². The second-order valence-corrected chi connectivity index (χ2v) is 5.77. The molecule has 0 radical (unpaired) electrons. The van der Waals surface area contributed by atoms with Crippen LogP contribution in [0.25, 0.3) is 0 Å². The Labute approximate surface area is 127 Å². The molecule has 2 rings (SSSR count). The zero-order valence-corrected chi connectivity index (χ0v) is 13.7. The molecular weight excluding hydrogens is 318 g/mol. The molecule has 106 valence electrons. The van der Waals surface area contributed by atoms with E-state index in [4.69, 9.17) is 0 Å². The number of carbonyl (C=O) groups excluding carboxylic acids is 1. The fraction of sp³-hybridized carbons (Fsp3) is 0.333. The Balaban J connectivity index is 2.19. The van der Waals surface area contributed by atoms with Crippen molar-refractivity contribution < 1.29 is 4.79 Å². The summed E-state index contributed by atoms with van der Waals surface area (Å²) in [6, 6.07) is 5.56. The van der Waals surface area contributed by atoms with Crippen molar-refractivity contribution in [1.82, 2.24) is 15.1 Å². The minimum Gasteiger partial charge on any atom is -0.345 e. The summed E-state index contributed by atoms with van der Waals surface area (Å²) in [5, 5.41) is 7.23. The number of halogens is 1. The Kier molecular flexibility index (Phi) is 4.28. The summed E-state index contributed by atoms with van der Waals surface area (Å²) >= 11 is 3.45. The van der Waals surface area contributed by atoms with Gasteiger partial charge in [-0.05, 0) is 38.5 Å². The Morgan fingerprint density at radius 3 is 2.70 bits per heavy atom. The first-order chi connectivity index (χ1) is 9.41. The van der Waals surface area contributed by atoms with Gasteiger partial charge >= 0.3 is 0 Å². The molecule has 0 aliphatic rings. The highest BCUT2D eigenvalue weighted by molar-refractivity contribution is 9.10. The lowest BCUT2D eigenvalue weighted by Crippen LogP contribution is -2.27. The Morgan fingerprint density at radius 1 is 1.40 bits per heavy atom. The van der Waals surface area contributed by atoms with Crippen molar-refractivity contribution >= 4 is 21.8 Å². The number of rotatable bonds is 3. The van der Waals surface area contributed by atoms with E-state index in [2.05, 4.69) is 26.3 Å². The maximum atomic E-state index is 12.4. The molecule has 0 saturated heterocycles. The molecule has 1 amide bonds. The number of carbonyl (C=O) groups is 1. The highest BCUT2D eigenvalue weighted by Crippen LogP contribution is 2.21. The molecule has 0 bridgehead atoms. The number of hydrogen-bond donors (Lipinski definition) is 1. The maximum Gasteiger partial charge on any atom is 0.252 e. The fourth-order valence-electron chi connectivity index (χ4n) is 2.15. The lowest BCUT2D eigenvalue weighted by Gasteiger charge is -2.15. The van der Waals surface area contributed by atoms with E-state index in [1.165, 1.54) is 0 Å². The fourth-order valence-corrected chi connectivity index (χ4v) is 2.51. The van der Waals surface area contributed by atoms with Gasteiger partial charge in [-0.15, -0.1) is 0 Å². The average molecular weight is 336 g/mol. The molecule has 5 heteroatoms. The summed E-state index contributed by atoms with van der Waals surface area (Å²) < 4.78 is 2.75. The SMILES string of the molecule is Cc1c(Br)cccc1C(=O)NC(C)c1cnn(C)c1C. The third kappa shape index (κ3) is 2.77. The van der Waals surface area contributed by atoms with E-state index in [0.717, 1.165) is 21.3 Å². The summed E-state index contributed by atoms with van der Waals surface area (Å²) in [7, 11) is 1.89. The van der Waals surface area contributed by atoms with Crippen molar-refractivity contribution in [1.29, 1.82) is 0 Å². The topological polar surface area (TPSA) is 46.9 Å². The quantitative estimate of drug-likeness (QED) is 0.935. The van der Waals surface area contributed by atoms with Crippen molar-refractivity contribution in [3.8, 4) is 0 Å². The highest BCUT2D eigenvalue weighted by atomic mass is 79.9. The third-order valence-electron chi connectivity index (χ3n) is 3.60. The zero-order valence-electron chi connectivity index (χ0n) is 12.1. The van der Waals surface area contributed by atoms with Crippen LogP contribution in [0.3, 0.4) is 0 Å². The van der Waals surface area contributed by atoms with Crippen molar-refractivity contribution in [2.24, 2.45) is 7.05 Å². The monoisotopic (exact) mass is 335 g/mol. The first-order valence-corrected chi connectivity index (χ1v) is 7.25. The van der Waals surface area contributed by atoms with Crippen molar-refractivity contribution in [2.45, 2.75) is 26.8 Å². The number of aryl methyl sites for hydroxylation is 1. The summed E-state index contributed by atoms with van der Waals surface area (Å²) in [6.45, 7) is 5.89. The molecule has 20 heavy (non-hydrogen) atoms. The van der Waals surface area contributed by atoms with E-state index in [1.807, 2.05) is 50.7 Å². The molecule has 0 aliphatic heterocycles. The lowest BCUT2D eigenvalue weighted by molar-refractivity contribution is 0.0939. The van der Waals surface area contributed by atoms with Crippen molar-refractivity contribution in [3.05, 3.63) is 51.3 Å². The van der Waals surface area contributed by atoms with E-state index in [1.54, 1.807) is 6.20 Å². The molecule has 2 aromatic rings. The van der Waals surface area contributed by atoms with Crippen LogP contribution in [0.15, 0.2) is 28.9 Å². The van der Waals surface area contributed by atoms with Crippen molar-refractivity contribution in [3.63, 3.8) is 0 Å². The van der Waals surface area contributed by atoms with Gasteiger partial charge in [-0.3, -0.25) is 9.48 Å². The number of nitrogens with zero attached hydrogens (tertiary/aromatic N) is 2.